The summed E-state index contributed by atoms with van der Waals surface area (Å²) in [5, 5.41) is 3.35. The third-order valence-corrected chi connectivity index (χ3v) is 2.69. The summed E-state index contributed by atoms with van der Waals surface area (Å²) in [5.41, 5.74) is 1.34. The predicted octanol–water partition coefficient (Wildman–Crippen LogP) is 1.92. The first-order valence-corrected chi connectivity index (χ1v) is 4.97. The zero-order valence-corrected chi connectivity index (χ0v) is 8.34. The topological polar surface area (TPSA) is 24.9 Å². The first-order valence-electron chi connectivity index (χ1n) is 4.17. The van der Waals surface area contributed by atoms with Gasteiger partial charge in [0.15, 0.2) is 0 Å². The number of nitrogens with zero attached hydrogens (tertiary/aromatic N) is 1. The summed E-state index contributed by atoms with van der Waals surface area (Å²) < 4.78 is 1.08. The summed E-state index contributed by atoms with van der Waals surface area (Å²) in [6.45, 7) is 2.23. The van der Waals surface area contributed by atoms with Gasteiger partial charge in [0.2, 0.25) is 0 Å². The predicted molar refractivity (Wildman–Crippen MR) is 52.2 cm³/mol. The number of aromatic nitrogens is 1. The summed E-state index contributed by atoms with van der Waals surface area (Å²) in [5.74, 6) is 0.662. The molecule has 64 valence electrons. The normalized spacial score (nSPS) is 22.9. The van der Waals surface area contributed by atoms with Gasteiger partial charge in [-0.1, -0.05) is 0 Å². The third-order valence-electron chi connectivity index (χ3n) is 2.26. The highest BCUT2D eigenvalue weighted by Crippen LogP contribution is 2.23. The molecule has 1 fully saturated rings. The molecule has 1 aliphatic rings. The highest BCUT2D eigenvalue weighted by Gasteiger charge is 2.16. The van der Waals surface area contributed by atoms with Crippen molar-refractivity contribution >= 4 is 15.9 Å². The molecule has 1 atom stereocenters. The molecular formula is C9H11BrN2. The van der Waals surface area contributed by atoms with Crippen LogP contribution in [0, 0.1) is 0 Å². The van der Waals surface area contributed by atoms with Crippen LogP contribution in [-0.4, -0.2) is 18.1 Å². The maximum absolute atomic E-state index is 4.15. The molecule has 2 heterocycles. The third kappa shape index (κ3) is 1.67. The Hall–Kier alpha value is -0.410. The van der Waals surface area contributed by atoms with E-state index in [1.807, 2.05) is 12.4 Å². The second-order valence-electron chi connectivity index (χ2n) is 3.13. The molecule has 3 heteroatoms. The lowest BCUT2D eigenvalue weighted by Gasteiger charge is -2.07. The van der Waals surface area contributed by atoms with Gasteiger partial charge < -0.3 is 5.32 Å². The molecule has 0 bridgehead atoms. The average molecular weight is 227 g/mol. The van der Waals surface area contributed by atoms with Crippen LogP contribution in [0.5, 0.6) is 0 Å². The Bertz CT molecular complexity index is 269. The van der Waals surface area contributed by atoms with Gasteiger partial charge in [-0.25, -0.2) is 0 Å². The molecular weight excluding hydrogens is 216 g/mol. The van der Waals surface area contributed by atoms with Gasteiger partial charge in [0.25, 0.3) is 0 Å². The smallest absolute Gasteiger partial charge is 0.0410 e. The lowest BCUT2D eigenvalue weighted by atomic mass is 10.0. The van der Waals surface area contributed by atoms with E-state index in [1.165, 1.54) is 12.0 Å². The lowest BCUT2D eigenvalue weighted by Crippen LogP contribution is -2.08. The van der Waals surface area contributed by atoms with E-state index in [2.05, 4.69) is 32.3 Å². The van der Waals surface area contributed by atoms with E-state index >= 15 is 0 Å². The number of rotatable bonds is 1. The van der Waals surface area contributed by atoms with Gasteiger partial charge in [-0.05, 0) is 46.4 Å². The van der Waals surface area contributed by atoms with Crippen molar-refractivity contribution in [1.82, 2.24) is 10.3 Å². The fraction of sp³-hybridized carbons (Fsp3) is 0.444. The minimum Gasteiger partial charge on any atom is -0.316 e. The van der Waals surface area contributed by atoms with Crippen molar-refractivity contribution in [2.45, 2.75) is 12.3 Å². The molecule has 2 rings (SSSR count). The highest BCUT2D eigenvalue weighted by atomic mass is 79.9. The highest BCUT2D eigenvalue weighted by molar-refractivity contribution is 9.10. The largest absolute Gasteiger partial charge is 0.316 e. The molecule has 1 aromatic rings. The van der Waals surface area contributed by atoms with E-state index in [-0.39, 0.29) is 0 Å². The van der Waals surface area contributed by atoms with E-state index in [9.17, 15) is 0 Å². The van der Waals surface area contributed by atoms with E-state index in [4.69, 9.17) is 0 Å². The van der Waals surface area contributed by atoms with Gasteiger partial charge in [0, 0.05) is 23.4 Å². The summed E-state index contributed by atoms with van der Waals surface area (Å²) >= 11 is 3.43. The molecule has 1 saturated heterocycles. The second kappa shape index (κ2) is 3.54. The SMILES string of the molecule is Brc1cncc([C@@H]2CCNC2)c1. The summed E-state index contributed by atoms with van der Waals surface area (Å²) in [7, 11) is 0. The van der Waals surface area contributed by atoms with Crippen LogP contribution < -0.4 is 5.32 Å². The quantitative estimate of drug-likeness (QED) is 0.792. The molecule has 0 radical (unpaired) electrons. The number of hydrogen-bond acceptors (Lipinski definition) is 2. The molecule has 0 saturated carbocycles. The molecule has 1 N–H and O–H groups in total. The maximum atomic E-state index is 4.15. The van der Waals surface area contributed by atoms with Gasteiger partial charge in [0.05, 0.1) is 0 Å². The van der Waals surface area contributed by atoms with Crippen LogP contribution in [0.25, 0.3) is 0 Å². The first kappa shape index (κ1) is 8.20. The Kier molecular flexibility index (Phi) is 2.42. The van der Waals surface area contributed by atoms with Crippen molar-refractivity contribution in [3.05, 3.63) is 28.5 Å². The van der Waals surface area contributed by atoms with Gasteiger partial charge in [0.1, 0.15) is 0 Å². The summed E-state index contributed by atoms with van der Waals surface area (Å²) in [6, 6.07) is 2.16. The number of halogens is 1. The number of nitrogens with one attached hydrogen (secondary N) is 1. The average Bonchev–Trinajstić information content (AvgIpc) is 2.56. The van der Waals surface area contributed by atoms with Crippen LogP contribution in [-0.2, 0) is 0 Å². The molecule has 1 aromatic heterocycles. The minimum absolute atomic E-state index is 0.662. The van der Waals surface area contributed by atoms with Gasteiger partial charge >= 0.3 is 0 Å². The Morgan fingerprint density at radius 1 is 1.50 bits per heavy atom. The lowest BCUT2D eigenvalue weighted by molar-refractivity contribution is 0.758. The van der Waals surface area contributed by atoms with Gasteiger partial charge in [-0.2, -0.15) is 0 Å². The number of hydrogen-bond donors (Lipinski definition) is 1. The molecule has 1 aliphatic heterocycles. The van der Waals surface area contributed by atoms with Crippen LogP contribution in [0.4, 0.5) is 0 Å². The Morgan fingerprint density at radius 3 is 3.08 bits per heavy atom. The Labute approximate surface area is 80.5 Å². The van der Waals surface area contributed by atoms with Gasteiger partial charge in [-0.15, -0.1) is 0 Å². The van der Waals surface area contributed by atoms with Crippen molar-refractivity contribution in [2.75, 3.05) is 13.1 Å². The van der Waals surface area contributed by atoms with Crippen molar-refractivity contribution in [2.24, 2.45) is 0 Å². The van der Waals surface area contributed by atoms with E-state index in [0.29, 0.717) is 5.92 Å². The van der Waals surface area contributed by atoms with Crippen LogP contribution >= 0.6 is 15.9 Å². The minimum atomic E-state index is 0.662. The van der Waals surface area contributed by atoms with Crippen molar-refractivity contribution in [1.29, 1.82) is 0 Å². The van der Waals surface area contributed by atoms with Crippen LogP contribution in [0.15, 0.2) is 22.9 Å². The van der Waals surface area contributed by atoms with E-state index in [0.717, 1.165) is 17.6 Å². The van der Waals surface area contributed by atoms with Crippen LogP contribution in [0.1, 0.15) is 17.9 Å². The number of pyridine rings is 1. The molecule has 0 aliphatic carbocycles. The molecule has 12 heavy (non-hydrogen) atoms. The molecule has 0 aromatic carbocycles. The molecule has 0 unspecified atom stereocenters. The first-order chi connectivity index (χ1) is 5.86. The fourth-order valence-corrected chi connectivity index (χ4v) is 1.97. The Balaban J connectivity index is 2.21. The van der Waals surface area contributed by atoms with Gasteiger partial charge in [-0.3, -0.25) is 4.98 Å². The zero-order chi connectivity index (χ0) is 8.39. The van der Waals surface area contributed by atoms with Crippen LogP contribution in [0.3, 0.4) is 0 Å². The van der Waals surface area contributed by atoms with E-state index in [1.54, 1.807) is 0 Å². The molecule has 2 nitrogen and oxygen atoms in total. The maximum Gasteiger partial charge on any atom is 0.0410 e. The second-order valence-corrected chi connectivity index (χ2v) is 4.04. The monoisotopic (exact) mass is 226 g/mol. The zero-order valence-electron chi connectivity index (χ0n) is 6.76. The van der Waals surface area contributed by atoms with Crippen molar-refractivity contribution in [3.8, 4) is 0 Å². The van der Waals surface area contributed by atoms with Crippen molar-refractivity contribution in [3.63, 3.8) is 0 Å². The fourth-order valence-electron chi connectivity index (χ4n) is 1.59. The Morgan fingerprint density at radius 2 is 2.42 bits per heavy atom. The van der Waals surface area contributed by atoms with Crippen LogP contribution in [0.2, 0.25) is 0 Å². The summed E-state index contributed by atoms with van der Waals surface area (Å²) in [4.78, 5) is 4.15. The standard InChI is InChI=1S/C9H11BrN2/c10-9-3-8(5-12-6-9)7-1-2-11-4-7/h3,5-7,11H,1-2,4H2/t7-/m1/s1. The van der Waals surface area contributed by atoms with E-state index < -0.39 is 0 Å². The summed E-state index contributed by atoms with van der Waals surface area (Å²) in [6.07, 6.45) is 5.02. The van der Waals surface area contributed by atoms with Crippen molar-refractivity contribution < 1.29 is 0 Å². The molecule has 0 spiro atoms. The molecule has 0 amide bonds.